The minimum Gasteiger partial charge on any atom is -0.481 e. The van der Waals surface area contributed by atoms with Gasteiger partial charge >= 0.3 is 5.97 Å². The molecule has 0 radical (unpaired) electrons. The second-order valence-electron chi connectivity index (χ2n) is 6.44. The summed E-state index contributed by atoms with van der Waals surface area (Å²) in [6.45, 7) is 7.00. The highest BCUT2D eigenvalue weighted by Crippen LogP contribution is 2.30. The average Bonchev–Trinajstić information content (AvgIpc) is 2.27. The molecule has 2 unspecified atom stereocenters. The van der Waals surface area contributed by atoms with E-state index in [9.17, 15) is 9.59 Å². The molecule has 0 heterocycles. The van der Waals surface area contributed by atoms with Crippen molar-refractivity contribution in [1.29, 1.82) is 0 Å². The lowest BCUT2D eigenvalue weighted by Crippen LogP contribution is -2.40. The molecular weight excluding hydrogens is 230 g/mol. The van der Waals surface area contributed by atoms with Gasteiger partial charge in [-0.2, -0.15) is 0 Å². The maximum Gasteiger partial charge on any atom is 0.307 e. The molecule has 4 heteroatoms. The minimum atomic E-state index is -0.828. The van der Waals surface area contributed by atoms with E-state index in [4.69, 9.17) is 5.11 Å². The van der Waals surface area contributed by atoms with E-state index in [0.29, 0.717) is 19.4 Å². The molecule has 18 heavy (non-hydrogen) atoms. The number of carboxylic acid groups (broad SMARTS) is 1. The monoisotopic (exact) mass is 255 g/mol. The van der Waals surface area contributed by atoms with Gasteiger partial charge in [-0.1, -0.05) is 33.6 Å². The van der Waals surface area contributed by atoms with E-state index in [1.807, 2.05) is 0 Å². The Balaban J connectivity index is 2.46. The van der Waals surface area contributed by atoms with E-state index in [2.05, 4.69) is 26.1 Å². The first-order chi connectivity index (χ1) is 8.31. The van der Waals surface area contributed by atoms with Gasteiger partial charge in [-0.25, -0.2) is 0 Å². The Labute approximate surface area is 109 Å². The second kappa shape index (κ2) is 6.21. The normalized spacial score (nSPS) is 24.6. The molecule has 0 aliphatic heterocycles. The van der Waals surface area contributed by atoms with Crippen LogP contribution in [0.2, 0.25) is 0 Å². The third-order valence-electron chi connectivity index (χ3n) is 3.59. The summed E-state index contributed by atoms with van der Waals surface area (Å²) in [5.41, 5.74) is 0.187. The number of carboxylic acids is 1. The van der Waals surface area contributed by atoms with Crippen LogP contribution in [0.15, 0.2) is 0 Å². The molecule has 0 aromatic heterocycles. The smallest absolute Gasteiger partial charge is 0.307 e. The molecule has 4 nitrogen and oxygen atoms in total. The molecule has 0 aromatic rings. The van der Waals surface area contributed by atoms with Crippen molar-refractivity contribution in [2.75, 3.05) is 6.54 Å². The highest BCUT2D eigenvalue weighted by molar-refractivity contribution is 5.84. The lowest BCUT2D eigenvalue weighted by Gasteiger charge is -2.28. The van der Waals surface area contributed by atoms with Gasteiger partial charge in [-0.3, -0.25) is 9.59 Å². The Morgan fingerprint density at radius 1 is 1.17 bits per heavy atom. The van der Waals surface area contributed by atoms with Crippen molar-refractivity contribution >= 4 is 11.9 Å². The molecule has 1 aliphatic carbocycles. The minimum absolute atomic E-state index is 0.0775. The van der Waals surface area contributed by atoms with Crippen molar-refractivity contribution < 1.29 is 14.7 Å². The largest absolute Gasteiger partial charge is 0.481 e. The van der Waals surface area contributed by atoms with Gasteiger partial charge in [0.25, 0.3) is 0 Å². The summed E-state index contributed by atoms with van der Waals surface area (Å²) in [4.78, 5) is 23.1. The van der Waals surface area contributed by atoms with Crippen LogP contribution in [0.3, 0.4) is 0 Å². The van der Waals surface area contributed by atoms with E-state index in [0.717, 1.165) is 19.3 Å². The fraction of sp³-hybridized carbons (Fsp3) is 0.857. The summed E-state index contributed by atoms with van der Waals surface area (Å²) in [5, 5.41) is 12.0. The van der Waals surface area contributed by atoms with Gasteiger partial charge in [-0.15, -0.1) is 0 Å². The van der Waals surface area contributed by atoms with Crippen LogP contribution < -0.4 is 5.32 Å². The van der Waals surface area contributed by atoms with Gasteiger partial charge in [0.2, 0.25) is 5.91 Å². The first kappa shape index (κ1) is 15.0. The summed E-state index contributed by atoms with van der Waals surface area (Å²) in [7, 11) is 0. The lowest BCUT2D eigenvalue weighted by molar-refractivity contribution is -0.148. The number of hydrogen-bond donors (Lipinski definition) is 2. The van der Waals surface area contributed by atoms with Crippen molar-refractivity contribution in [2.24, 2.45) is 17.3 Å². The van der Waals surface area contributed by atoms with E-state index >= 15 is 0 Å². The molecule has 0 spiro atoms. The van der Waals surface area contributed by atoms with E-state index in [1.165, 1.54) is 0 Å². The lowest BCUT2D eigenvalue weighted by atomic mass is 9.78. The van der Waals surface area contributed by atoms with Gasteiger partial charge in [-0.05, 0) is 24.7 Å². The molecule has 104 valence electrons. The quantitative estimate of drug-likeness (QED) is 0.810. The zero-order valence-electron chi connectivity index (χ0n) is 11.7. The molecule has 1 saturated carbocycles. The molecule has 1 aliphatic rings. The zero-order valence-corrected chi connectivity index (χ0v) is 11.7. The number of aliphatic carboxylic acids is 1. The second-order valence-corrected chi connectivity index (χ2v) is 6.44. The van der Waals surface area contributed by atoms with Crippen LogP contribution in [0.4, 0.5) is 0 Å². The third kappa shape index (κ3) is 4.67. The summed E-state index contributed by atoms with van der Waals surface area (Å²) in [6, 6.07) is 0. The number of amides is 1. The Hall–Kier alpha value is -1.06. The first-order valence-electron chi connectivity index (χ1n) is 6.82. The van der Waals surface area contributed by atoms with Crippen LogP contribution in [0, 0.1) is 17.3 Å². The standard InChI is InChI=1S/C14H25NO3/c1-14(2,3)8-9-15-12(16)10-6-4-5-7-11(10)13(17)18/h10-11H,4-9H2,1-3H3,(H,15,16)(H,17,18). The number of rotatable bonds is 4. The predicted octanol–water partition coefficient (Wildman–Crippen LogP) is 2.43. The van der Waals surface area contributed by atoms with Crippen molar-refractivity contribution in [3.8, 4) is 0 Å². The average molecular weight is 255 g/mol. The highest BCUT2D eigenvalue weighted by atomic mass is 16.4. The molecule has 0 aromatic carbocycles. The summed E-state index contributed by atoms with van der Waals surface area (Å²) in [5.74, 6) is -1.73. The molecule has 0 bridgehead atoms. The molecule has 1 fully saturated rings. The fourth-order valence-corrected chi connectivity index (χ4v) is 2.43. The summed E-state index contributed by atoms with van der Waals surface area (Å²) in [6.07, 6.45) is 4.12. The Morgan fingerprint density at radius 2 is 1.72 bits per heavy atom. The van der Waals surface area contributed by atoms with Crippen molar-refractivity contribution in [1.82, 2.24) is 5.32 Å². The number of nitrogens with one attached hydrogen (secondary N) is 1. The zero-order chi connectivity index (χ0) is 13.8. The Bertz CT molecular complexity index is 307. The number of carbonyl (C=O) groups is 2. The first-order valence-corrected chi connectivity index (χ1v) is 6.82. The van der Waals surface area contributed by atoms with Crippen LogP contribution in [-0.2, 0) is 9.59 Å². The molecular formula is C14H25NO3. The summed E-state index contributed by atoms with van der Waals surface area (Å²) < 4.78 is 0. The van der Waals surface area contributed by atoms with Crippen molar-refractivity contribution in [2.45, 2.75) is 52.9 Å². The summed E-state index contributed by atoms with van der Waals surface area (Å²) >= 11 is 0. The van der Waals surface area contributed by atoms with Crippen LogP contribution in [0.1, 0.15) is 52.9 Å². The highest BCUT2D eigenvalue weighted by Gasteiger charge is 2.35. The maximum absolute atomic E-state index is 12.0. The third-order valence-corrected chi connectivity index (χ3v) is 3.59. The molecule has 2 N–H and O–H groups in total. The van der Waals surface area contributed by atoms with Gasteiger partial charge in [0, 0.05) is 6.54 Å². The van der Waals surface area contributed by atoms with Crippen LogP contribution in [0.25, 0.3) is 0 Å². The van der Waals surface area contributed by atoms with Crippen LogP contribution in [0.5, 0.6) is 0 Å². The molecule has 1 amide bonds. The van der Waals surface area contributed by atoms with Gasteiger partial charge in [0.1, 0.15) is 0 Å². The topological polar surface area (TPSA) is 66.4 Å². The Morgan fingerprint density at radius 3 is 2.22 bits per heavy atom. The number of hydrogen-bond acceptors (Lipinski definition) is 2. The SMILES string of the molecule is CC(C)(C)CCNC(=O)C1CCCCC1C(=O)O. The van der Waals surface area contributed by atoms with Crippen LogP contribution >= 0.6 is 0 Å². The number of carbonyl (C=O) groups excluding carboxylic acids is 1. The molecule has 2 atom stereocenters. The van der Waals surface area contributed by atoms with Gasteiger partial charge in [0.05, 0.1) is 11.8 Å². The van der Waals surface area contributed by atoms with Crippen LogP contribution in [-0.4, -0.2) is 23.5 Å². The molecule has 0 saturated heterocycles. The van der Waals surface area contributed by atoms with Crippen molar-refractivity contribution in [3.63, 3.8) is 0 Å². The van der Waals surface area contributed by atoms with E-state index < -0.39 is 11.9 Å². The Kier molecular flexibility index (Phi) is 5.17. The molecule has 1 rings (SSSR count). The van der Waals surface area contributed by atoms with Gasteiger partial charge < -0.3 is 10.4 Å². The maximum atomic E-state index is 12.0. The fourth-order valence-electron chi connectivity index (χ4n) is 2.43. The van der Waals surface area contributed by atoms with Gasteiger partial charge in [0.15, 0.2) is 0 Å². The van der Waals surface area contributed by atoms with E-state index in [-0.39, 0.29) is 17.2 Å². The predicted molar refractivity (Wildman–Crippen MR) is 70.2 cm³/mol. The van der Waals surface area contributed by atoms with Crippen molar-refractivity contribution in [3.05, 3.63) is 0 Å². The van der Waals surface area contributed by atoms with E-state index in [1.54, 1.807) is 0 Å².